The maximum absolute atomic E-state index is 12.3. The highest BCUT2D eigenvalue weighted by atomic mass is 16.5. The topological polar surface area (TPSA) is 50.4 Å². The first-order chi connectivity index (χ1) is 12.2. The average Bonchev–Trinajstić information content (AvgIpc) is 2.63. The van der Waals surface area contributed by atoms with Crippen LogP contribution in [0, 0.1) is 0 Å². The highest BCUT2D eigenvalue weighted by Gasteiger charge is 2.12. The van der Waals surface area contributed by atoms with Crippen LogP contribution in [0.4, 0.5) is 10.5 Å². The van der Waals surface area contributed by atoms with E-state index >= 15 is 0 Å². The maximum Gasteiger partial charge on any atom is 0.319 e. The van der Waals surface area contributed by atoms with Gasteiger partial charge in [-0.25, -0.2) is 4.79 Å². The highest BCUT2D eigenvalue weighted by Crippen LogP contribution is 2.24. The SMILES string of the molecule is CCOc1ccc(NC(=O)NC(C)c2cccc3ccccc23)cc1. The van der Waals surface area contributed by atoms with Gasteiger partial charge in [-0.1, -0.05) is 42.5 Å². The van der Waals surface area contributed by atoms with Crippen molar-refractivity contribution in [2.24, 2.45) is 0 Å². The Morgan fingerprint density at radius 3 is 2.48 bits per heavy atom. The minimum absolute atomic E-state index is 0.103. The van der Waals surface area contributed by atoms with Gasteiger partial charge in [0.05, 0.1) is 12.6 Å². The van der Waals surface area contributed by atoms with E-state index in [1.165, 1.54) is 5.39 Å². The van der Waals surface area contributed by atoms with Gasteiger partial charge in [-0.15, -0.1) is 0 Å². The number of hydrogen-bond donors (Lipinski definition) is 2. The summed E-state index contributed by atoms with van der Waals surface area (Å²) in [7, 11) is 0. The fraction of sp³-hybridized carbons (Fsp3) is 0.190. The molecule has 128 valence electrons. The summed E-state index contributed by atoms with van der Waals surface area (Å²) >= 11 is 0. The van der Waals surface area contributed by atoms with Crippen molar-refractivity contribution in [3.8, 4) is 5.75 Å². The van der Waals surface area contributed by atoms with Gasteiger partial charge >= 0.3 is 6.03 Å². The van der Waals surface area contributed by atoms with Crippen LogP contribution in [0.1, 0.15) is 25.5 Å². The molecule has 0 spiro atoms. The Bertz CT molecular complexity index is 854. The van der Waals surface area contributed by atoms with Crippen LogP contribution < -0.4 is 15.4 Å². The molecular weight excluding hydrogens is 312 g/mol. The van der Waals surface area contributed by atoms with E-state index in [1.54, 1.807) is 0 Å². The summed E-state index contributed by atoms with van der Waals surface area (Å²) in [6.07, 6.45) is 0. The summed E-state index contributed by atoms with van der Waals surface area (Å²) < 4.78 is 5.40. The largest absolute Gasteiger partial charge is 0.494 e. The van der Waals surface area contributed by atoms with Crippen molar-refractivity contribution in [3.63, 3.8) is 0 Å². The van der Waals surface area contributed by atoms with Crippen molar-refractivity contribution in [2.45, 2.75) is 19.9 Å². The Hall–Kier alpha value is -3.01. The Morgan fingerprint density at radius 2 is 1.72 bits per heavy atom. The molecule has 0 aliphatic carbocycles. The van der Waals surface area contributed by atoms with Gasteiger partial charge in [-0.05, 0) is 54.4 Å². The number of urea groups is 1. The first-order valence-electron chi connectivity index (χ1n) is 8.45. The first-order valence-corrected chi connectivity index (χ1v) is 8.45. The van der Waals surface area contributed by atoms with Crippen LogP contribution in [0.15, 0.2) is 66.7 Å². The number of ether oxygens (including phenoxy) is 1. The second-order valence-electron chi connectivity index (χ2n) is 5.85. The molecule has 3 aromatic rings. The minimum atomic E-state index is -0.232. The van der Waals surface area contributed by atoms with Crippen LogP contribution in [-0.2, 0) is 0 Å². The van der Waals surface area contributed by atoms with Crippen LogP contribution >= 0.6 is 0 Å². The molecule has 0 aliphatic heterocycles. The summed E-state index contributed by atoms with van der Waals surface area (Å²) in [5.41, 5.74) is 1.83. The van der Waals surface area contributed by atoms with E-state index in [2.05, 4.69) is 28.8 Å². The number of amides is 2. The van der Waals surface area contributed by atoms with Crippen LogP contribution in [0.25, 0.3) is 10.8 Å². The smallest absolute Gasteiger partial charge is 0.319 e. The summed E-state index contributed by atoms with van der Waals surface area (Å²) in [5, 5.41) is 8.17. The zero-order valence-electron chi connectivity index (χ0n) is 14.5. The van der Waals surface area contributed by atoms with Crippen LogP contribution in [0.5, 0.6) is 5.75 Å². The van der Waals surface area contributed by atoms with Gasteiger partial charge in [0, 0.05) is 5.69 Å². The lowest BCUT2D eigenvalue weighted by molar-refractivity contribution is 0.249. The summed E-state index contributed by atoms with van der Waals surface area (Å²) in [6.45, 7) is 4.55. The second-order valence-corrected chi connectivity index (χ2v) is 5.85. The summed E-state index contributed by atoms with van der Waals surface area (Å²) in [4.78, 5) is 12.3. The zero-order valence-corrected chi connectivity index (χ0v) is 14.5. The molecule has 0 radical (unpaired) electrons. The number of carbonyl (C=O) groups excluding carboxylic acids is 1. The van der Waals surface area contributed by atoms with Gasteiger partial charge < -0.3 is 15.4 Å². The van der Waals surface area contributed by atoms with Gasteiger partial charge in [0.25, 0.3) is 0 Å². The molecule has 4 nitrogen and oxygen atoms in total. The number of hydrogen-bond acceptors (Lipinski definition) is 2. The summed E-state index contributed by atoms with van der Waals surface area (Å²) in [6, 6.07) is 21.3. The van der Waals surface area contributed by atoms with Crippen molar-refractivity contribution >= 4 is 22.5 Å². The lowest BCUT2D eigenvalue weighted by atomic mass is 10.00. The Labute approximate surface area is 147 Å². The van der Waals surface area contributed by atoms with Crippen molar-refractivity contribution in [1.29, 1.82) is 0 Å². The number of anilines is 1. The van der Waals surface area contributed by atoms with Crippen molar-refractivity contribution < 1.29 is 9.53 Å². The Morgan fingerprint density at radius 1 is 1.00 bits per heavy atom. The molecule has 0 saturated carbocycles. The van der Waals surface area contributed by atoms with Crippen LogP contribution in [0.3, 0.4) is 0 Å². The van der Waals surface area contributed by atoms with E-state index in [0.29, 0.717) is 6.61 Å². The molecule has 25 heavy (non-hydrogen) atoms. The van der Waals surface area contributed by atoms with E-state index in [1.807, 2.05) is 62.4 Å². The molecular formula is C21H22N2O2. The number of carbonyl (C=O) groups is 1. The molecule has 0 heterocycles. The Balaban J connectivity index is 1.67. The zero-order chi connectivity index (χ0) is 17.6. The van der Waals surface area contributed by atoms with Gasteiger partial charge in [0.2, 0.25) is 0 Å². The minimum Gasteiger partial charge on any atom is -0.494 e. The third-order valence-corrected chi connectivity index (χ3v) is 4.06. The molecule has 2 amide bonds. The normalized spacial score (nSPS) is 11.8. The van der Waals surface area contributed by atoms with Crippen LogP contribution in [-0.4, -0.2) is 12.6 Å². The second kappa shape index (κ2) is 7.71. The third kappa shape index (κ3) is 4.10. The fourth-order valence-electron chi connectivity index (χ4n) is 2.87. The molecule has 1 unspecified atom stereocenters. The molecule has 3 rings (SSSR count). The molecule has 0 aromatic heterocycles. The van der Waals surface area contributed by atoms with Gasteiger partial charge in [-0.2, -0.15) is 0 Å². The Kier molecular flexibility index (Phi) is 5.19. The molecule has 0 bridgehead atoms. The van der Waals surface area contributed by atoms with E-state index in [-0.39, 0.29) is 12.1 Å². The average molecular weight is 334 g/mol. The quantitative estimate of drug-likeness (QED) is 0.680. The highest BCUT2D eigenvalue weighted by molar-refractivity contribution is 5.91. The van der Waals surface area contributed by atoms with E-state index in [4.69, 9.17) is 4.74 Å². The van der Waals surface area contributed by atoms with E-state index in [0.717, 1.165) is 22.4 Å². The van der Waals surface area contributed by atoms with Crippen molar-refractivity contribution in [1.82, 2.24) is 5.32 Å². The van der Waals surface area contributed by atoms with Gasteiger partial charge in [0.15, 0.2) is 0 Å². The third-order valence-electron chi connectivity index (χ3n) is 4.06. The molecule has 0 saturated heterocycles. The number of benzene rings is 3. The number of rotatable bonds is 5. The molecule has 3 aromatic carbocycles. The van der Waals surface area contributed by atoms with Crippen LogP contribution in [0.2, 0.25) is 0 Å². The van der Waals surface area contributed by atoms with E-state index in [9.17, 15) is 4.79 Å². The predicted octanol–water partition coefficient (Wildman–Crippen LogP) is 5.12. The lowest BCUT2D eigenvalue weighted by Crippen LogP contribution is -2.31. The standard InChI is InChI=1S/C21H22N2O2/c1-3-25-18-13-11-17(12-14-18)23-21(24)22-15(2)19-10-6-8-16-7-4-5-9-20(16)19/h4-15H,3H2,1-2H3,(H2,22,23,24). The van der Waals surface area contributed by atoms with Gasteiger partial charge in [-0.3, -0.25) is 0 Å². The molecule has 0 fully saturated rings. The maximum atomic E-state index is 12.3. The number of fused-ring (bicyclic) bond motifs is 1. The van der Waals surface area contributed by atoms with E-state index < -0.39 is 0 Å². The molecule has 2 N–H and O–H groups in total. The summed E-state index contributed by atoms with van der Waals surface area (Å²) in [5.74, 6) is 0.789. The number of nitrogens with one attached hydrogen (secondary N) is 2. The monoisotopic (exact) mass is 334 g/mol. The predicted molar refractivity (Wildman–Crippen MR) is 102 cm³/mol. The lowest BCUT2D eigenvalue weighted by Gasteiger charge is -2.17. The van der Waals surface area contributed by atoms with Crippen molar-refractivity contribution in [2.75, 3.05) is 11.9 Å². The first kappa shape index (κ1) is 16.8. The van der Waals surface area contributed by atoms with Crippen molar-refractivity contribution in [3.05, 3.63) is 72.3 Å². The molecule has 4 heteroatoms. The van der Waals surface area contributed by atoms with Gasteiger partial charge in [0.1, 0.15) is 5.75 Å². The fourth-order valence-corrected chi connectivity index (χ4v) is 2.87. The molecule has 1 atom stereocenters. The molecule has 0 aliphatic rings.